The molecule has 0 atom stereocenters. The molecule has 3 rings (SSSR count). The van der Waals surface area contributed by atoms with Crippen molar-refractivity contribution >= 4 is 5.91 Å². The summed E-state index contributed by atoms with van der Waals surface area (Å²) in [5.74, 6) is 0.642. The smallest absolute Gasteiger partial charge is 0.256 e. The second kappa shape index (κ2) is 4.32. The third kappa shape index (κ3) is 2.02. The summed E-state index contributed by atoms with van der Waals surface area (Å²) in [6.07, 6.45) is 5.58. The number of hydrogen-bond acceptors (Lipinski definition) is 3. The van der Waals surface area contributed by atoms with Crippen LogP contribution in [-0.4, -0.2) is 16.5 Å². The Bertz CT molecular complexity index is 658. The molecule has 1 N–H and O–H groups in total. The number of rotatable bonds is 3. The highest BCUT2D eigenvalue weighted by atomic mass is 16.4. The van der Waals surface area contributed by atoms with E-state index in [1.165, 1.54) is 0 Å². The minimum absolute atomic E-state index is 0.223. The monoisotopic (exact) mass is 255 g/mol. The molecule has 19 heavy (non-hydrogen) atoms. The van der Waals surface area contributed by atoms with E-state index in [1.807, 2.05) is 12.1 Å². The van der Waals surface area contributed by atoms with Crippen LogP contribution in [0.25, 0.3) is 5.88 Å². The number of aryl methyl sites for hydroxylation is 1. The lowest BCUT2D eigenvalue weighted by Crippen LogP contribution is -2.26. The minimum Gasteiger partial charge on any atom is -0.443 e. The zero-order valence-electron chi connectivity index (χ0n) is 10.5. The number of carbonyl (C=O) groups is 1. The topological polar surface area (TPSA) is 71.0 Å². The molecule has 1 fully saturated rings. The van der Waals surface area contributed by atoms with Gasteiger partial charge in [-0.05, 0) is 31.9 Å². The summed E-state index contributed by atoms with van der Waals surface area (Å²) in [4.78, 5) is 12.1. The third-order valence-corrected chi connectivity index (χ3v) is 3.16. The fourth-order valence-corrected chi connectivity index (χ4v) is 2.04. The van der Waals surface area contributed by atoms with Crippen molar-refractivity contribution in [2.75, 3.05) is 0 Å². The summed E-state index contributed by atoms with van der Waals surface area (Å²) < 4.78 is 7.28. The predicted octanol–water partition coefficient (Wildman–Crippen LogP) is 2.14. The van der Waals surface area contributed by atoms with Gasteiger partial charge < -0.3 is 9.73 Å². The maximum atomic E-state index is 12.1. The fourth-order valence-electron chi connectivity index (χ4n) is 2.04. The van der Waals surface area contributed by atoms with Crippen LogP contribution in [0, 0.1) is 18.3 Å². The molecule has 1 aliphatic carbocycles. The van der Waals surface area contributed by atoms with Crippen LogP contribution in [0.5, 0.6) is 0 Å². The van der Waals surface area contributed by atoms with E-state index >= 15 is 0 Å². The van der Waals surface area contributed by atoms with Crippen LogP contribution in [0.3, 0.4) is 0 Å². The number of furan rings is 1. The van der Waals surface area contributed by atoms with Crippen LogP contribution in [0.15, 0.2) is 28.9 Å². The number of nitrogens with one attached hydrogen (secondary N) is 1. The van der Waals surface area contributed by atoms with E-state index in [0.29, 0.717) is 17.2 Å². The van der Waals surface area contributed by atoms with E-state index in [0.717, 1.165) is 12.8 Å². The van der Waals surface area contributed by atoms with Gasteiger partial charge in [0.05, 0.1) is 0 Å². The molecule has 1 saturated carbocycles. The average molecular weight is 255 g/mol. The van der Waals surface area contributed by atoms with Crippen molar-refractivity contribution < 1.29 is 9.21 Å². The first-order valence-electron chi connectivity index (χ1n) is 6.18. The molecule has 1 amide bonds. The fraction of sp³-hybridized carbons (Fsp3) is 0.286. The van der Waals surface area contributed by atoms with Crippen molar-refractivity contribution in [1.29, 1.82) is 5.26 Å². The second-order valence-corrected chi connectivity index (χ2v) is 4.66. The van der Waals surface area contributed by atoms with Gasteiger partial charge in [0.1, 0.15) is 23.0 Å². The predicted molar refractivity (Wildman–Crippen MR) is 68.0 cm³/mol. The molecular formula is C14H13N3O2. The highest BCUT2D eigenvalue weighted by molar-refractivity contribution is 5.98. The Kier molecular flexibility index (Phi) is 2.64. The van der Waals surface area contributed by atoms with Gasteiger partial charge in [-0.3, -0.25) is 9.36 Å². The number of hydrogen-bond donors (Lipinski definition) is 1. The van der Waals surface area contributed by atoms with E-state index in [1.54, 1.807) is 23.9 Å². The molecule has 1 aliphatic rings. The maximum absolute atomic E-state index is 12.1. The average Bonchev–Trinajstić information content (AvgIpc) is 2.94. The lowest BCUT2D eigenvalue weighted by atomic mass is 10.1. The van der Waals surface area contributed by atoms with Crippen LogP contribution < -0.4 is 5.32 Å². The van der Waals surface area contributed by atoms with Crippen LogP contribution in [0.2, 0.25) is 0 Å². The molecule has 0 bridgehead atoms. The van der Waals surface area contributed by atoms with Gasteiger partial charge in [0.15, 0.2) is 0 Å². The van der Waals surface area contributed by atoms with Crippen molar-refractivity contribution in [2.24, 2.45) is 0 Å². The number of aromatic nitrogens is 1. The second-order valence-electron chi connectivity index (χ2n) is 4.66. The molecule has 2 aromatic rings. The van der Waals surface area contributed by atoms with Gasteiger partial charge >= 0.3 is 0 Å². The van der Waals surface area contributed by atoms with Crippen LogP contribution in [0.1, 0.15) is 34.5 Å². The molecule has 0 aliphatic heterocycles. The molecular weight excluding hydrogens is 242 g/mol. The van der Waals surface area contributed by atoms with Gasteiger partial charge in [-0.25, -0.2) is 0 Å². The van der Waals surface area contributed by atoms with E-state index < -0.39 is 0 Å². The van der Waals surface area contributed by atoms with Crippen LogP contribution >= 0.6 is 0 Å². The molecule has 2 heterocycles. The Hall–Kier alpha value is -2.48. The zero-order chi connectivity index (χ0) is 13.4. The quantitative estimate of drug-likeness (QED) is 0.913. The molecule has 5 nitrogen and oxygen atoms in total. The van der Waals surface area contributed by atoms with Gasteiger partial charge in [-0.2, -0.15) is 5.26 Å². The van der Waals surface area contributed by atoms with E-state index in [-0.39, 0.29) is 17.5 Å². The lowest BCUT2D eigenvalue weighted by Gasteiger charge is -2.01. The number of nitrogens with zero attached hydrogens (tertiary/aromatic N) is 2. The summed E-state index contributed by atoms with van der Waals surface area (Å²) in [5.41, 5.74) is 0.630. The van der Waals surface area contributed by atoms with Gasteiger partial charge in [-0.1, -0.05) is 0 Å². The Balaban J connectivity index is 2.04. The zero-order valence-corrected chi connectivity index (χ0v) is 10.5. The van der Waals surface area contributed by atoms with Crippen molar-refractivity contribution in [2.45, 2.75) is 25.8 Å². The molecule has 96 valence electrons. The first-order valence-corrected chi connectivity index (χ1v) is 6.18. The van der Waals surface area contributed by atoms with E-state index in [4.69, 9.17) is 4.42 Å². The van der Waals surface area contributed by atoms with Crippen molar-refractivity contribution in [1.82, 2.24) is 9.88 Å². The Morgan fingerprint density at radius 1 is 1.47 bits per heavy atom. The number of carbonyl (C=O) groups excluding carboxylic acids is 1. The summed E-state index contributed by atoms with van der Waals surface area (Å²) in [5, 5.41) is 12.2. The number of nitriles is 1. The normalized spacial score (nSPS) is 14.1. The Labute approximate surface area is 110 Å². The standard InChI is InChI=1S/C14H13N3O2/c1-9-12(13(18)16-10-4-5-10)11(8-15)14(19-9)17-6-2-3-7-17/h2-3,6-7,10H,4-5H2,1H3,(H,16,18). The van der Waals surface area contributed by atoms with Crippen LogP contribution in [-0.2, 0) is 0 Å². The largest absolute Gasteiger partial charge is 0.443 e. The number of amides is 1. The minimum atomic E-state index is -0.223. The highest BCUT2D eigenvalue weighted by Crippen LogP contribution is 2.27. The molecule has 2 aromatic heterocycles. The van der Waals surface area contributed by atoms with E-state index in [2.05, 4.69) is 11.4 Å². The lowest BCUT2D eigenvalue weighted by molar-refractivity contribution is 0.0949. The SMILES string of the molecule is Cc1oc(-n2cccc2)c(C#N)c1C(=O)NC1CC1. The Morgan fingerprint density at radius 2 is 2.16 bits per heavy atom. The third-order valence-electron chi connectivity index (χ3n) is 3.16. The summed E-state index contributed by atoms with van der Waals surface area (Å²) >= 11 is 0. The molecule has 5 heteroatoms. The maximum Gasteiger partial charge on any atom is 0.256 e. The van der Waals surface area contributed by atoms with Crippen molar-refractivity contribution in [3.05, 3.63) is 41.4 Å². The first-order chi connectivity index (χ1) is 9.20. The van der Waals surface area contributed by atoms with Gasteiger partial charge in [0.2, 0.25) is 5.88 Å². The van der Waals surface area contributed by atoms with E-state index in [9.17, 15) is 10.1 Å². The van der Waals surface area contributed by atoms with Gasteiger partial charge in [-0.15, -0.1) is 0 Å². The molecule has 0 saturated heterocycles. The molecule has 0 aromatic carbocycles. The van der Waals surface area contributed by atoms with Gasteiger partial charge in [0.25, 0.3) is 5.91 Å². The summed E-state index contributed by atoms with van der Waals surface area (Å²) in [7, 11) is 0. The highest BCUT2D eigenvalue weighted by Gasteiger charge is 2.29. The molecule has 0 spiro atoms. The summed E-state index contributed by atoms with van der Waals surface area (Å²) in [6, 6.07) is 6.00. The summed E-state index contributed by atoms with van der Waals surface area (Å²) in [6.45, 7) is 1.70. The van der Waals surface area contributed by atoms with Crippen molar-refractivity contribution in [3.8, 4) is 12.0 Å². The van der Waals surface area contributed by atoms with Crippen molar-refractivity contribution in [3.63, 3.8) is 0 Å². The molecule has 0 radical (unpaired) electrons. The Morgan fingerprint density at radius 3 is 2.74 bits per heavy atom. The van der Waals surface area contributed by atoms with Crippen LogP contribution in [0.4, 0.5) is 0 Å². The van der Waals surface area contributed by atoms with Gasteiger partial charge in [0, 0.05) is 18.4 Å². The first kappa shape index (κ1) is 11.6. The molecule has 0 unspecified atom stereocenters.